The molecule has 0 saturated carbocycles. The fourth-order valence-corrected chi connectivity index (χ4v) is 8.98. The van der Waals surface area contributed by atoms with Gasteiger partial charge >= 0.3 is 0 Å². The van der Waals surface area contributed by atoms with E-state index in [1.165, 1.54) is 5.69 Å². The van der Waals surface area contributed by atoms with Gasteiger partial charge in [-0.05, 0) is 110 Å². The Hall–Kier alpha value is -6.58. The molecule has 4 aliphatic heterocycles. The van der Waals surface area contributed by atoms with Crippen LogP contribution in [0, 0.1) is 17.2 Å². The third-order valence-electron chi connectivity index (χ3n) is 12.1. The van der Waals surface area contributed by atoms with Crippen molar-refractivity contribution >= 4 is 75.4 Å². The Balaban J connectivity index is 0.694. The lowest BCUT2D eigenvalue weighted by Gasteiger charge is -2.61. The van der Waals surface area contributed by atoms with Crippen molar-refractivity contribution in [3.8, 4) is 0 Å². The van der Waals surface area contributed by atoms with Crippen molar-refractivity contribution in [3.63, 3.8) is 0 Å². The molecule has 14 nitrogen and oxygen atoms in total. The summed E-state index contributed by atoms with van der Waals surface area (Å²) in [5.74, 6) is -0.696. The molecule has 16 heteroatoms. The van der Waals surface area contributed by atoms with E-state index in [9.17, 15) is 23.6 Å². The molecule has 0 radical (unpaired) electrons. The number of hydrogen-bond acceptors (Lipinski definition) is 11. The minimum Gasteiger partial charge on any atom is -0.374 e. The van der Waals surface area contributed by atoms with Crippen molar-refractivity contribution in [1.82, 2.24) is 25.1 Å². The number of halogens is 2. The standard InChI is InChI=1S/C46H46ClFN10O4/c47-36-3-1-2-4-38(36)53-42(60)30-5-9-33(10-6-30)51-41-37(48)23-49-45(55-41)52-34-11-7-31(8-12-34)44(62)58-27-46(28-58)25-56(26-46)24-29-19-21-57(22-20-29)35-15-13-32(14-16-35)50-39-17-18-40(59)54-43(39)61/h1-16,23,29,39,50H,17-22,24-28H2,(H,53,60)(H,54,59,61)(H2,49,51,52,55). The van der Waals surface area contributed by atoms with Crippen LogP contribution in [0.1, 0.15) is 46.4 Å². The minimum absolute atomic E-state index is 0.00432. The lowest BCUT2D eigenvalue weighted by atomic mass is 9.72. The van der Waals surface area contributed by atoms with Crippen LogP contribution in [-0.2, 0) is 9.59 Å². The van der Waals surface area contributed by atoms with E-state index >= 15 is 0 Å². The number of carbonyl (C=O) groups is 4. The Labute approximate surface area is 363 Å². The molecule has 0 bridgehead atoms. The highest BCUT2D eigenvalue weighted by molar-refractivity contribution is 6.33. The molecule has 4 aromatic carbocycles. The zero-order chi connectivity index (χ0) is 42.8. The Bertz CT molecular complexity index is 2470. The molecule has 4 fully saturated rings. The number of piperidine rings is 2. The van der Waals surface area contributed by atoms with Gasteiger partial charge in [-0.15, -0.1) is 0 Å². The molecule has 1 spiro atoms. The topological polar surface area (TPSA) is 164 Å². The number of rotatable bonds is 12. The van der Waals surface area contributed by atoms with E-state index in [-0.39, 0.29) is 40.8 Å². The summed E-state index contributed by atoms with van der Waals surface area (Å²) in [5, 5.41) is 14.9. The molecule has 4 aliphatic rings. The van der Waals surface area contributed by atoms with Crippen LogP contribution < -0.4 is 31.5 Å². The lowest BCUT2D eigenvalue weighted by Crippen LogP contribution is -2.73. The number of para-hydroxylation sites is 1. The van der Waals surface area contributed by atoms with Crippen molar-refractivity contribution in [2.45, 2.75) is 31.7 Å². The maximum atomic E-state index is 14.7. The predicted octanol–water partition coefficient (Wildman–Crippen LogP) is 6.90. The minimum atomic E-state index is -0.650. The van der Waals surface area contributed by atoms with Crippen molar-refractivity contribution < 1.29 is 23.6 Å². The summed E-state index contributed by atoms with van der Waals surface area (Å²) in [6, 6.07) is 28.4. The van der Waals surface area contributed by atoms with E-state index in [4.69, 9.17) is 11.6 Å². The number of aromatic nitrogens is 2. The molecule has 5 aromatic rings. The second kappa shape index (κ2) is 17.4. The third kappa shape index (κ3) is 9.18. The molecule has 5 heterocycles. The zero-order valence-corrected chi connectivity index (χ0v) is 34.6. The summed E-state index contributed by atoms with van der Waals surface area (Å²) >= 11 is 6.16. The molecule has 1 atom stereocenters. The van der Waals surface area contributed by atoms with Crippen LogP contribution >= 0.6 is 11.6 Å². The van der Waals surface area contributed by atoms with E-state index < -0.39 is 11.9 Å². The monoisotopic (exact) mass is 856 g/mol. The van der Waals surface area contributed by atoms with Crippen LogP contribution in [-0.4, -0.2) is 95.3 Å². The van der Waals surface area contributed by atoms with Crippen molar-refractivity contribution in [1.29, 1.82) is 0 Å². The van der Waals surface area contributed by atoms with Crippen molar-refractivity contribution in [3.05, 3.63) is 125 Å². The smallest absolute Gasteiger partial charge is 0.255 e. The van der Waals surface area contributed by atoms with Crippen LogP contribution in [0.5, 0.6) is 0 Å². The van der Waals surface area contributed by atoms with Gasteiger partial charge in [-0.25, -0.2) is 9.37 Å². The highest BCUT2D eigenvalue weighted by atomic mass is 35.5. The quantitative estimate of drug-likeness (QED) is 0.0830. The molecule has 5 N–H and O–H groups in total. The number of hydrogen-bond donors (Lipinski definition) is 5. The molecule has 1 aromatic heterocycles. The van der Waals surface area contributed by atoms with Crippen molar-refractivity contribution in [2.24, 2.45) is 11.3 Å². The van der Waals surface area contributed by atoms with E-state index in [2.05, 4.69) is 58.5 Å². The second-order valence-electron chi connectivity index (χ2n) is 16.7. The molecular weight excluding hydrogens is 811 g/mol. The lowest BCUT2D eigenvalue weighted by molar-refractivity contribution is -0.133. The summed E-state index contributed by atoms with van der Waals surface area (Å²) < 4.78 is 14.7. The number of anilines is 7. The number of amides is 4. The first kappa shape index (κ1) is 40.8. The fraction of sp³-hybridized carbons (Fsp3) is 0.304. The van der Waals surface area contributed by atoms with Gasteiger partial charge in [-0.2, -0.15) is 4.98 Å². The van der Waals surface area contributed by atoms with Crippen LogP contribution in [0.3, 0.4) is 0 Å². The largest absolute Gasteiger partial charge is 0.374 e. The number of likely N-dealkylation sites (tertiary alicyclic amines) is 2. The summed E-state index contributed by atoms with van der Waals surface area (Å²) in [6.45, 7) is 6.63. The predicted molar refractivity (Wildman–Crippen MR) is 237 cm³/mol. The average Bonchev–Trinajstić information content (AvgIpc) is 3.25. The van der Waals surface area contributed by atoms with Crippen LogP contribution in [0.25, 0.3) is 0 Å². The van der Waals surface area contributed by atoms with Crippen LogP contribution in [0.15, 0.2) is 103 Å². The normalized spacial score (nSPS) is 18.6. The van der Waals surface area contributed by atoms with E-state index in [0.29, 0.717) is 52.0 Å². The number of benzene rings is 4. The first-order chi connectivity index (χ1) is 30.0. The zero-order valence-electron chi connectivity index (χ0n) is 33.9. The summed E-state index contributed by atoms with van der Waals surface area (Å²) in [6.07, 6.45) is 4.18. The van der Waals surface area contributed by atoms with Crippen molar-refractivity contribution in [2.75, 3.05) is 72.0 Å². The van der Waals surface area contributed by atoms with Crippen LogP contribution in [0.2, 0.25) is 5.02 Å². The van der Waals surface area contributed by atoms with E-state index in [1.807, 2.05) is 17.0 Å². The van der Waals surface area contributed by atoms with Crippen LogP contribution in [0.4, 0.5) is 44.6 Å². The number of imide groups is 1. The second-order valence-corrected chi connectivity index (χ2v) is 17.1. The molecule has 0 aliphatic carbocycles. The molecule has 4 amide bonds. The van der Waals surface area contributed by atoms with Gasteiger partial charge in [0.15, 0.2) is 11.6 Å². The number of carbonyl (C=O) groups excluding carboxylic acids is 4. The summed E-state index contributed by atoms with van der Waals surface area (Å²) in [7, 11) is 0. The highest BCUT2D eigenvalue weighted by Crippen LogP contribution is 2.41. The molecule has 9 rings (SSSR count). The van der Waals surface area contributed by atoms with Gasteiger partial charge < -0.3 is 36.0 Å². The summed E-state index contributed by atoms with van der Waals surface area (Å²) in [5.41, 5.74) is 4.89. The van der Waals surface area contributed by atoms with Gasteiger partial charge in [0, 0.05) is 91.5 Å². The maximum absolute atomic E-state index is 14.7. The fourth-order valence-electron chi connectivity index (χ4n) is 8.80. The molecule has 62 heavy (non-hydrogen) atoms. The van der Waals surface area contributed by atoms with Gasteiger partial charge in [-0.1, -0.05) is 23.7 Å². The first-order valence-electron chi connectivity index (χ1n) is 20.8. The van der Waals surface area contributed by atoms with Gasteiger partial charge in [-0.3, -0.25) is 24.5 Å². The molecule has 1 unspecified atom stereocenters. The SMILES string of the molecule is O=C1CCC(Nc2ccc(N3CCC(CN4CC5(C4)CN(C(=O)c4ccc(Nc6ncc(F)c(Nc7ccc(C(=O)Nc8ccccc8Cl)cc7)n6)cc4)C5)CC3)cc2)C(=O)N1. The number of nitrogens with zero attached hydrogens (tertiary/aromatic N) is 5. The van der Waals surface area contributed by atoms with Gasteiger partial charge in [0.05, 0.1) is 16.9 Å². The summed E-state index contributed by atoms with van der Waals surface area (Å²) in [4.78, 5) is 64.9. The Kier molecular flexibility index (Phi) is 11.5. The van der Waals surface area contributed by atoms with Gasteiger partial charge in [0.25, 0.3) is 11.8 Å². The molecule has 318 valence electrons. The Morgan fingerprint density at radius 2 is 1.47 bits per heavy atom. The number of nitrogens with one attached hydrogen (secondary N) is 5. The van der Waals surface area contributed by atoms with E-state index in [0.717, 1.165) is 70.5 Å². The maximum Gasteiger partial charge on any atom is 0.255 e. The Morgan fingerprint density at radius 1 is 0.806 bits per heavy atom. The average molecular weight is 857 g/mol. The van der Waals surface area contributed by atoms with E-state index in [1.54, 1.807) is 72.8 Å². The molecule has 4 saturated heterocycles. The highest BCUT2D eigenvalue weighted by Gasteiger charge is 2.53. The third-order valence-corrected chi connectivity index (χ3v) is 12.4. The van der Waals surface area contributed by atoms with Gasteiger partial charge in [0.1, 0.15) is 6.04 Å². The Morgan fingerprint density at radius 3 is 2.16 bits per heavy atom. The molecular formula is C46H46ClFN10O4. The first-order valence-corrected chi connectivity index (χ1v) is 21.2. The van der Waals surface area contributed by atoms with Gasteiger partial charge in [0.2, 0.25) is 17.8 Å².